The fraction of sp³-hybridized carbons (Fsp3) is 0. The van der Waals surface area contributed by atoms with Crippen LogP contribution in [0.3, 0.4) is 0 Å². The average molecular weight is 637 g/mol. The fourth-order valence-electron chi connectivity index (χ4n) is 8.19. The Bertz CT molecular complexity index is 3100. The third-order valence-electron chi connectivity index (χ3n) is 10.4. The molecule has 11 aromatic rings. The summed E-state index contributed by atoms with van der Waals surface area (Å²) in [7, 11) is 0. The monoisotopic (exact) mass is 636 g/mol. The Hall–Kier alpha value is -6.64. The van der Waals surface area contributed by atoms with Crippen LogP contribution in [0.4, 0.5) is 0 Å². The topological polar surface area (TPSA) is 26.3 Å². The Labute approximate surface area is 287 Å². The van der Waals surface area contributed by atoms with Gasteiger partial charge in [0.1, 0.15) is 22.3 Å². The molecule has 2 aromatic heterocycles. The summed E-state index contributed by atoms with van der Waals surface area (Å²) in [5.41, 5.74) is 10.7. The van der Waals surface area contributed by atoms with Crippen molar-refractivity contribution in [3.05, 3.63) is 170 Å². The van der Waals surface area contributed by atoms with Gasteiger partial charge in [-0.25, -0.2) is 0 Å². The first-order chi connectivity index (χ1) is 24.8. The quantitative estimate of drug-likeness (QED) is 0.180. The summed E-state index contributed by atoms with van der Waals surface area (Å²) < 4.78 is 12.8. The van der Waals surface area contributed by atoms with Gasteiger partial charge < -0.3 is 8.83 Å². The first-order valence-corrected chi connectivity index (χ1v) is 17.1. The normalized spacial score (nSPS) is 12.0. The molecule has 0 radical (unpaired) electrons. The van der Waals surface area contributed by atoms with E-state index in [1.807, 2.05) is 12.1 Å². The number of hydrogen-bond donors (Lipinski definition) is 0. The van der Waals surface area contributed by atoms with Crippen molar-refractivity contribution >= 4 is 76.2 Å². The Morgan fingerprint density at radius 3 is 1.66 bits per heavy atom. The number of benzene rings is 9. The number of hydrogen-bond acceptors (Lipinski definition) is 2. The summed E-state index contributed by atoms with van der Waals surface area (Å²) >= 11 is 0. The van der Waals surface area contributed by atoms with Crippen molar-refractivity contribution in [1.29, 1.82) is 0 Å². The Morgan fingerprint density at radius 1 is 0.280 bits per heavy atom. The molecule has 11 rings (SSSR count). The minimum Gasteiger partial charge on any atom is -0.456 e. The highest BCUT2D eigenvalue weighted by atomic mass is 16.3. The number of rotatable bonds is 3. The van der Waals surface area contributed by atoms with Gasteiger partial charge in [-0.3, -0.25) is 0 Å². The zero-order valence-corrected chi connectivity index (χ0v) is 27.0. The van der Waals surface area contributed by atoms with Gasteiger partial charge in [0, 0.05) is 21.5 Å². The smallest absolute Gasteiger partial charge is 0.136 e. The van der Waals surface area contributed by atoms with E-state index in [4.69, 9.17) is 8.83 Å². The number of para-hydroxylation sites is 1. The molecule has 0 saturated carbocycles. The molecule has 0 saturated heterocycles. The van der Waals surface area contributed by atoms with Crippen LogP contribution in [0.1, 0.15) is 0 Å². The first-order valence-electron chi connectivity index (χ1n) is 17.1. The standard InChI is InChI=1S/C48H28O2/c1-2-11-30-26-33(21-20-29(30)10-1)46-35-13-3-5-15-37(35)47(38-16-6-4-14-36(38)46)40-17-9-19-44-48(40)39-24-22-32(28-45(39)50-44)31-23-25-43-41(27-31)34-12-7-8-18-42(34)49-43/h1-28H. The molecular weight excluding hydrogens is 609 g/mol. The van der Waals surface area contributed by atoms with Crippen LogP contribution < -0.4 is 0 Å². The van der Waals surface area contributed by atoms with Crippen LogP contribution in [0.5, 0.6) is 0 Å². The molecule has 50 heavy (non-hydrogen) atoms. The van der Waals surface area contributed by atoms with Gasteiger partial charge >= 0.3 is 0 Å². The molecule has 232 valence electrons. The SMILES string of the molecule is c1ccc2cc(-c3c4ccccc4c(-c4cccc5oc6cc(-c7ccc8oc9ccccc9c8c7)ccc6c45)c4ccccc34)ccc2c1. The van der Waals surface area contributed by atoms with Gasteiger partial charge in [-0.1, -0.05) is 127 Å². The van der Waals surface area contributed by atoms with Crippen molar-refractivity contribution in [1.82, 2.24) is 0 Å². The summed E-state index contributed by atoms with van der Waals surface area (Å²) in [6, 6.07) is 60.9. The molecule has 2 heteroatoms. The molecule has 0 aliphatic carbocycles. The third-order valence-corrected chi connectivity index (χ3v) is 10.4. The molecule has 0 atom stereocenters. The molecule has 0 spiro atoms. The van der Waals surface area contributed by atoms with Crippen molar-refractivity contribution in [2.75, 3.05) is 0 Å². The van der Waals surface area contributed by atoms with Crippen LogP contribution in [0.2, 0.25) is 0 Å². The predicted octanol–water partition coefficient (Wildman–Crippen LogP) is 13.9. The number of furan rings is 2. The Morgan fingerprint density at radius 2 is 0.860 bits per heavy atom. The second-order valence-corrected chi connectivity index (χ2v) is 13.2. The van der Waals surface area contributed by atoms with Crippen molar-refractivity contribution in [2.24, 2.45) is 0 Å². The molecular formula is C48H28O2. The maximum Gasteiger partial charge on any atom is 0.136 e. The van der Waals surface area contributed by atoms with Crippen LogP contribution >= 0.6 is 0 Å². The highest BCUT2D eigenvalue weighted by Crippen LogP contribution is 2.47. The molecule has 0 bridgehead atoms. The van der Waals surface area contributed by atoms with E-state index in [1.165, 1.54) is 54.6 Å². The van der Waals surface area contributed by atoms with E-state index >= 15 is 0 Å². The molecule has 0 fully saturated rings. The molecule has 2 nitrogen and oxygen atoms in total. The van der Waals surface area contributed by atoms with Gasteiger partial charge in [0.05, 0.1) is 0 Å². The van der Waals surface area contributed by atoms with Gasteiger partial charge in [0.2, 0.25) is 0 Å². The van der Waals surface area contributed by atoms with E-state index < -0.39 is 0 Å². The zero-order valence-electron chi connectivity index (χ0n) is 27.0. The maximum absolute atomic E-state index is 6.66. The van der Waals surface area contributed by atoms with Crippen molar-refractivity contribution in [3.8, 4) is 33.4 Å². The van der Waals surface area contributed by atoms with Crippen LogP contribution in [0.15, 0.2) is 179 Å². The summed E-state index contributed by atoms with van der Waals surface area (Å²) in [5.74, 6) is 0. The lowest BCUT2D eigenvalue weighted by atomic mass is 9.84. The van der Waals surface area contributed by atoms with Crippen LogP contribution in [-0.4, -0.2) is 0 Å². The fourth-order valence-corrected chi connectivity index (χ4v) is 8.19. The van der Waals surface area contributed by atoms with E-state index in [-0.39, 0.29) is 0 Å². The van der Waals surface area contributed by atoms with Crippen molar-refractivity contribution in [2.45, 2.75) is 0 Å². The maximum atomic E-state index is 6.66. The van der Waals surface area contributed by atoms with Gasteiger partial charge in [-0.05, 0) is 108 Å². The Kier molecular flexibility index (Phi) is 5.70. The van der Waals surface area contributed by atoms with E-state index in [0.29, 0.717) is 0 Å². The van der Waals surface area contributed by atoms with Crippen LogP contribution in [-0.2, 0) is 0 Å². The minimum atomic E-state index is 0.878. The molecule has 0 unspecified atom stereocenters. The first kappa shape index (κ1) is 27.3. The molecule has 0 aliphatic rings. The van der Waals surface area contributed by atoms with Gasteiger partial charge in [-0.2, -0.15) is 0 Å². The summed E-state index contributed by atoms with van der Waals surface area (Å²) in [6.07, 6.45) is 0. The van der Waals surface area contributed by atoms with Crippen LogP contribution in [0.25, 0.3) is 110 Å². The summed E-state index contributed by atoms with van der Waals surface area (Å²) in [5, 5.41) is 11.9. The number of fused-ring (bicyclic) bond motifs is 9. The van der Waals surface area contributed by atoms with Crippen molar-refractivity contribution in [3.63, 3.8) is 0 Å². The molecule has 0 aliphatic heterocycles. The van der Waals surface area contributed by atoms with E-state index in [1.54, 1.807) is 0 Å². The summed E-state index contributed by atoms with van der Waals surface area (Å²) in [4.78, 5) is 0. The van der Waals surface area contributed by atoms with E-state index in [0.717, 1.165) is 55.0 Å². The van der Waals surface area contributed by atoms with Gasteiger partial charge in [0.15, 0.2) is 0 Å². The molecule has 9 aromatic carbocycles. The third kappa shape index (κ3) is 3.96. The van der Waals surface area contributed by atoms with E-state index in [2.05, 4.69) is 158 Å². The van der Waals surface area contributed by atoms with Gasteiger partial charge in [0.25, 0.3) is 0 Å². The lowest BCUT2D eigenvalue weighted by Gasteiger charge is -2.18. The molecule has 0 amide bonds. The average Bonchev–Trinajstić information content (AvgIpc) is 3.74. The predicted molar refractivity (Wildman–Crippen MR) is 210 cm³/mol. The van der Waals surface area contributed by atoms with Crippen molar-refractivity contribution < 1.29 is 8.83 Å². The Balaban J connectivity index is 1.14. The lowest BCUT2D eigenvalue weighted by Crippen LogP contribution is -1.91. The highest BCUT2D eigenvalue weighted by molar-refractivity contribution is 6.26. The zero-order chi connectivity index (χ0) is 32.8. The largest absolute Gasteiger partial charge is 0.456 e. The van der Waals surface area contributed by atoms with Crippen LogP contribution in [0, 0.1) is 0 Å². The molecule has 0 N–H and O–H groups in total. The second kappa shape index (κ2) is 10.4. The summed E-state index contributed by atoms with van der Waals surface area (Å²) in [6.45, 7) is 0. The van der Waals surface area contributed by atoms with E-state index in [9.17, 15) is 0 Å². The second-order valence-electron chi connectivity index (χ2n) is 13.2. The minimum absolute atomic E-state index is 0.878. The lowest BCUT2D eigenvalue weighted by molar-refractivity contribution is 0.669. The molecule has 2 heterocycles. The highest BCUT2D eigenvalue weighted by Gasteiger charge is 2.20. The van der Waals surface area contributed by atoms with Gasteiger partial charge in [-0.15, -0.1) is 0 Å².